The number of aryl methyl sites for hydroxylation is 1. The summed E-state index contributed by atoms with van der Waals surface area (Å²) in [5, 5.41) is 2.60. The van der Waals surface area contributed by atoms with Gasteiger partial charge in [-0.2, -0.15) is 0 Å². The first-order valence-corrected chi connectivity index (χ1v) is 7.99. The molecule has 9 heteroatoms. The SMILES string of the molecule is Cn1cnc(C(=O)Nc2ccc(S(=O)(=O)Cl)cc2Cl)c1. The van der Waals surface area contributed by atoms with E-state index in [4.69, 9.17) is 22.3 Å². The zero-order chi connectivity index (χ0) is 14.9. The lowest BCUT2D eigenvalue weighted by atomic mass is 10.3. The number of benzene rings is 1. The van der Waals surface area contributed by atoms with Crippen molar-refractivity contribution in [3.63, 3.8) is 0 Å². The maximum Gasteiger partial charge on any atom is 0.275 e. The fourth-order valence-electron chi connectivity index (χ4n) is 1.47. The van der Waals surface area contributed by atoms with E-state index in [1.54, 1.807) is 17.8 Å². The number of nitrogens with one attached hydrogen (secondary N) is 1. The Morgan fingerprint density at radius 1 is 1.40 bits per heavy atom. The minimum Gasteiger partial charge on any atom is -0.340 e. The van der Waals surface area contributed by atoms with Gasteiger partial charge >= 0.3 is 0 Å². The summed E-state index contributed by atoms with van der Waals surface area (Å²) in [5.74, 6) is -0.450. The third-order valence-electron chi connectivity index (χ3n) is 2.41. The highest BCUT2D eigenvalue weighted by Crippen LogP contribution is 2.27. The topological polar surface area (TPSA) is 81.1 Å². The maximum absolute atomic E-state index is 11.9. The van der Waals surface area contributed by atoms with Gasteiger partial charge in [-0.05, 0) is 18.2 Å². The van der Waals surface area contributed by atoms with Crippen molar-refractivity contribution in [1.82, 2.24) is 9.55 Å². The van der Waals surface area contributed by atoms with Crippen LogP contribution in [-0.4, -0.2) is 23.9 Å². The maximum atomic E-state index is 11.9. The van der Waals surface area contributed by atoms with Gasteiger partial charge in [0.2, 0.25) is 0 Å². The van der Waals surface area contributed by atoms with Gasteiger partial charge in [0.25, 0.3) is 15.0 Å². The minimum atomic E-state index is -3.86. The average molecular weight is 334 g/mol. The van der Waals surface area contributed by atoms with Crippen molar-refractivity contribution in [2.24, 2.45) is 7.05 Å². The number of halogens is 2. The third-order valence-corrected chi connectivity index (χ3v) is 4.07. The number of imidazole rings is 1. The lowest BCUT2D eigenvalue weighted by Crippen LogP contribution is -2.12. The molecule has 2 aromatic rings. The second-order valence-electron chi connectivity index (χ2n) is 3.96. The van der Waals surface area contributed by atoms with Gasteiger partial charge in [-0.15, -0.1) is 0 Å². The highest BCUT2D eigenvalue weighted by molar-refractivity contribution is 8.13. The van der Waals surface area contributed by atoms with E-state index in [2.05, 4.69) is 10.3 Å². The van der Waals surface area contributed by atoms with E-state index in [0.717, 1.165) is 6.07 Å². The van der Waals surface area contributed by atoms with Crippen LogP contribution in [0.15, 0.2) is 35.6 Å². The van der Waals surface area contributed by atoms with Gasteiger partial charge in [0, 0.05) is 23.9 Å². The Morgan fingerprint density at radius 3 is 2.60 bits per heavy atom. The lowest BCUT2D eigenvalue weighted by molar-refractivity contribution is 0.102. The predicted octanol–water partition coefficient (Wildman–Crippen LogP) is 2.25. The van der Waals surface area contributed by atoms with Crippen molar-refractivity contribution in [2.45, 2.75) is 4.90 Å². The molecule has 0 saturated carbocycles. The van der Waals surface area contributed by atoms with Gasteiger partial charge in [0.15, 0.2) is 0 Å². The van der Waals surface area contributed by atoms with Gasteiger partial charge in [-0.3, -0.25) is 4.79 Å². The van der Waals surface area contributed by atoms with E-state index < -0.39 is 15.0 Å². The molecule has 0 aliphatic heterocycles. The van der Waals surface area contributed by atoms with E-state index in [9.17, 15) is 13.2 Å². The normalized spacial score (nSPS) is 11.3. The van der Waals surface area contributed by atoms with Crippen LogP contribution in [0, 0.1) is 0 Å². The zero-order valence-corrected chi connectivity index (χ0v) is 12.5. The Morgan fingerprint density at radius 2 is 2.10 bits per heavy atom. The number of nitrogens with zero attached hydrogens (tertiary/aromatic N) is 2. The molecule has 2 rings (SSSR count). The molecule has 106 valence electrons. The summed E-state index contributed by atoms with van der Waals surface area (Å²) in [4.78, 5) is 15.6. The minimum absolute atomic E-state index is 0.0657. The lowest BCUT2D eigenvalue weighted by Gasteiger charge is -2.06. The van der Waals surface area contributed by atoms with Crippen LogP contribution in [0.4, 0.5) is 5.69 Å². The van der Waals surface area contributed by atoms with Crippen LogP contribution < -0.4 is 5.32 Å². The highest BCUT2D eigenvalue weighted by atomic mass is 35.7. The van der Waals surface area contributed by atoms with Crippen molar-refractivity contribution >= 4 is 42.9 Å². The van der Waals surface area contributed by atoms with Crippen molar-refractivity contribution in [3.8, 4) is 0 Å². The van der Waals surface area contributed by atoms with E-state index in [1.165, 1.54) is 18.5 Å². The van der Waals surface area contributed by atoms with E-state index >= 15 is 0 Å². The Labute approximate surface area is 124 Å². The van der Waals surface area contributed by atoms with Crippen LogP contribution in [-0.2, 0) is 16.1 Å². The summed E-state index contributed by atoms with van der Waals surface area (Å²) >= 11 is 5.91. The summed E-state index contributed by atoms with van der Waals surface area (Å²) in [6.07, 6.45) is 3.03. The molecule has 6 nitrogen and oxygen atoms in total. The Hall–Kier alpha value is -1.57. The third kappa shape index (κ3) is 3.30. The predicted molar refractivity (Wildman–Crippen MR) is 75.7 cm³/mol. The first kappa shape index (κ1) is 14.8. The molecule has 1 N–H and O–H groups in total. The smallest absolute Gasteiger partial charge is 0.275 e. The molecule has 20 heavy (non-hydrogen) atoms. The van der Waals surface area contributed by atoms with Crippen LogP contribution in [0.25, 0.3) is 0 Å². The summed E-state index contributed by atoms with van der Waals surface area (Å²) < 4.78 is 23.9. The number of amides is 1. The molecule has 0 radical (unpaired) electrons. The molecule has 0 bridgehead atoms. The van der Waals surface area contributed by atoms with Crippen LogP contribution >= 0.6 is 22.3 Å². The fraction of sp³-hybridized carbons (Fsp3) is 0.0909. The van der Waals surface area contributed by atoms with Crippen molar-refractivity contribution in [2.75, 3.05) is 5.32 Å². The number of anilines is 1. The number of hydrogen-bond acceptors (Lipinski definition) is 4. The highest BCUT2D eigenvalue weighted by Gasteiger charge is 2.15. The van der Waals surface area contributed by atoms with Gasteiger partial charge < -0.3 is 9.88 Å². The van der Waals surface area contributed by atoms with Crippen LogP contribution in [0.5, 0.6) is 0 Å². The van der Waals surface area contributed by atoms with Gasteiger partial charge in [0.1, 0.15) is 5.69 Å². The Bertz CT molecular complexity index is 771. The molecule has 0 fully saturated rings. The molecule has 0 aliphatic carbocycles. The van der Waals surface area contributed by atoms with Crippen molar-refractivity contribution < 1.29 is 13.2 Å². The van der Waals surface area contributed by atoms with Crippen LogP contribution in [0.3, 0.4) is 0 Å². The van der Waals surface area contributed by atoms with Crippen molar-refractivity contribution in [3.05, 3.63) is 41.4 Å². The molecule has 0 saturated heterocycles. The molecule has 1 aromatic carbocycles. The average Bonchev–Trinajstić information content (AvgIpc) is 2.77. The monoisotopic (exact) mass is 333 g/mol. The molecule has 1 amide bonds. The molecule has 1 aromatic heterocycles. The largest absolute Gasteiger partial charge is 0.340 e. The Balaban J connectivity index is 2.25. The molecule has 1 heterocycles. The summed E-state index contributed by atoms with van der Waals surface area (Å²) in [5.41, 5.74) is 0.490. The molecule has 0 spiro atoms. The molecular formula is C11H9Cl2N3O3S. The second kappa shape index (κ2) is 5.43. The standard InChI is InChI=1S/C11H9Cl2N3O3S/c1-16-5-10(14-6-16)11(17)15-9-3-2-7(4-8(9)12)20(13,18)19/h2-6H,1H3,(H,15,17). The van der Waals surface area contributed by atoms with E-state index in [0.29, 0.717) is 0 Å². The molecular weight excluding hydrogens is 325 g/mol. The number of carbonyl (C=O) groups excluding carboxylic acids is 1. The van der Waals surface area contributed by atoms with Crippen LogP contribution in [0.1, 0.15) is 10.5 Å². The first-order chi connectivity index (χ1) is 9.27. The summed E-state index contributed by atoms with van der Waals surface area (Å²) in [7, 11) is 3.07. The quantitative estimate of drug-likeness (QED) is 0.873. The summed E-state index contributed by atoms with van der Waals surface area (Å²) in [6, 6.07) is 3.78. The summed E-state index contributed by atoms with van der Waals surface area (Å²) in [6.45, 7) is 0. The van der Waals surface area contributed by atoms with Gasteiger partial charge in [-0.25, -0.2) is 13.4 Å². The number of hydrogen-bond donors (Lipinski definition) is 1. The van der Waals surface area contributed by atoms with Gasteiger partial charge in [-0.1, -0.05) is 11.6 Å². The molecule has 0 atom stereocenters. The van der Waals surface area contributed by atoms with E-state index in [-0.39, 0.29) is 21.3 Å². The number of rotatable bonds is 3. The Kier molecular flexibility index (Phi) is 4.03. The van der Waals surface area contributed by atoms with Crippen molar-refractivity contribution in [1.29, 1.82) is 0 Å². The van der Waals surface area contributed by atoms with E-state index in [1.807, 2.05) is 0 Å². The molecule has 0 aliphatic rings. The second-order valence-corrected chi connectivity index (χ2v) is 6.93. The number of aromatic nitrogens is 2. The van der Waals surface area contributed by atoms with Crippen LogP contribution in [0.2, 0.25) is 5.02 Å². The zero-order valence-electron chi connectivity index (χ0n) is 10.2. The van der Waals surface area contributed by atoms with Gasteiger partial charge in [0.05, 0.1) is 21.9 Å². The number of carbonyl (C=O) groups is 1. The first-order valence-electron chi connectivity index (χ1n) is 5.31. The fourth-order valence-corrected chi connectivity index (χ4v) is 2.53. The molecule has 0 unspecified atom stereocenters.